The Kier molecular flexibility index (Phi) is 9.54. The van der Waals surface area contributed by atoms with E-state index in [1.54, 1.807) is 12.1 Å². The molecule has 0 bridgehead atoms. The predicted octanol–water partition coefficient (Wildman–Crippen LogP) is 4.70. The summed E-state index contributed by atoms with van der Waals surface area (Å²) in [6.07, 6.45) is -0.404. The molecule has 0 saturated heterocycles. The van der Waals surface area contributed by atoms with Crippen LogP contribution in [0.25, 0.3) is 0 Å². The lowest BCUT2D eigenvalue weighted by Gasteiger charge is -2.17. The topological polar surface area (TPSA) is 122 Å². The fourth-order valence-electron chi connectivity index (χ4n) is 3.49. The third kappa shape index (κ3) is 6.80. The summed E-state index contributed by atoms with van der Waals surface area (Å²) in [7, 11) is 2.47. The molecule has 0 radical (unpaired) electrons. The van der Waals surface area contributed by atoms with Crippen molar-refractivity contribution in [2.24, 2.45) is 0 Å². The third-order valence-electron chi connectivity index (χ3n) is 5.32. The van der Waals surface area contributed by atoms with Gasteiger partial charge in [-0.2, -0.15) is 0 Å². The van der Waals surface area contributed by atoms with Crippen molar-refractivity contribution in [2.45, 2.75) is 38.6 Å². The molecule has 0 aliphatic carbocycles. The highest BCUT2D eigenvalue weighted by molar-refractivity contribution is 7.99. The number of amides is 1. The lowest BCUT2D eigenvalue weighted by Crippen LogP contribution is -2.18. The molecule has 2 aromatic carbocycles. The molecule has 1 N–H and O–H groups in total. The summed E-state index contributed by atoms with van der Waals surface area (Å²) in [6, 6.07) is 9.56. The number of thioether (sulfide) groups is 1. The highest BCUT2D eigenvalue weighted by Crippen LogP contribution is 2.28. The Bertz CT molecular complexity index is 1310. The van der Waals surface area contributed by atoms with Crippen molar-refractivity contribution >= 4 is 46.9 Å². The number of hydrogen-bond donors (Lipinski definition) is 1. The van der Waals surface area contributed by atoms with Crippen molar-refractivity contribution in [3.8, 4) is 5.75 Å². The van der Waals surface area contributed by atoms with Crippen LogP contribution in [0.4, 0.5) is 5.69 Å². The number of aryl methyl sites for hydroxylation is 1. The van der Waals surface area contributed by atoms with Crippen LogP contribution >= 0.6 is 23.4 Å². The van der Waals surface area contributed by atoms with Crippen LogP contribution in [0.3, 0.4) is 0 Å². The minimum Gasteiger partial charge on any atom is -0.482 e. The van der Waals surface area contributed by atoms with Crippen molar-refractivity contribution in [3.63, 3.8) is 0 Å². The Morgan fingerprint density at radius 2 is 1.81 bits per heavy atom. The van der Waals surface area contributed by atoms with Gasteiger partial charge in [0, 0.05) is 11.6 Å². The Hall–Kier alpha value is -3.57. The second-order valence-electron chi connectivity index (χ2n) is 7.84. The first-order valence-electron chi connectivity index (χ1n) is 11.3. The van der Waals surface area contributed by atoms with E-state index in [-0.39, 0.29) is 22.6 Å². The molecule has 3 rings (SSSR count). The Morgan fingerprint density at radius 3 is 2.46 bits per heavy atom. The smallest absolute Gasteiger partial charge is 0.339 e. The lowest BCUT2D eigenvalue weighted by atomic mass is 10.1. The molecule has 12 heteroatoms. The maximum atomic E-state index is 12.8. The number of nitrogens with one attached hydrogen (secondary N) is 1. The molecule has 1 unspecified atom stereocenters. The van der Waals surface area contributed by atoms with Crippen molar-refractivity contribution in [2.75, 3.05) is 25.3 Å². The zero-order chi connectivity index (χ0) is 27.1. The van der Waals surface area contributed by atoms with Gasteiger partial charge in [0.05, 0.1) is 36.8 Å². The summed E-state index contributed by atoms with van der Waals surface area (Å²) in [5.74, 6) is -0.391. The first kappa shape index (κ1) is 28.0. The molecule has 196 valence electrons. The molecule has 0 spiro atoms. The molecule has 37 heavy (non-hydrogen) atoms. The SMILES string of the molecule is CCn1c(SCC(=O)Nc2cc(C(=O)OC)ccc2C(=O)OC)nnc1C(C)Oc1ccc(Cl)cc1C. The molecule has 1 aromatic heterocycles. The quantitative estimate of drug-likeness (QED) is 0.284. The highest BCUT2D eigenvalue weighted by atomic mass is 35.5. The molecule has 0 aliphatic rings. The monoisotopic (exact) mass is 546 g/mol. The minimum absolute atomic E-state index is 0.0211. The van der Waals surface area contributed by atoms with Gasteiger partial charge < -0.3 is 24.1 Å². The van der Waals surface area contributed by atoms with Crippen LogP contribution in [0.5, 0.6) is 5.75 Å². The predicted molar refractivity (Wildman–Crippen MR) is 139 cm³/mol. The van der Waals surface area contributed by atoms with Crippen LogP contribution in [0.15, 0.2) is 41.6 Å². The summed E-state index contributed by atoms with van der Waals surface area (Å²) in [5, 5.41) is 12.3. The standard InChI is InChI=1S/C25H27ClN4O6S/c1-6-30-22(15(3)36-20-10-8-17(26)11-14(20)2)28-29-25(30)37-13-21(31)27-19-12-16(23(32)34-4)7-9-18(19)24(33)35-5/h7-12,15H,6,13H2,1-5H3,(H,27,31). The summed E-state index contributed by atoms with van der Waals surface area (Å²) >= 11 is 7.21. The fraction of sp³-hybridized carbons (Fsp3) is 0.320. The molecule has 0 fully saturated rings. The highest BCUT2D eigenvalue weighted by Gasteiger charge is 2.21. The molecular weight excluding hydrogens is 520 g/mol. The first-order chi connectivity index (χ1) is 17.7. The van der Waals surface area contributed by atoms with Gasteiger partial charge in [0.2, 0.25) is 5.91 Å². The zero-order valence-electron chi connectivity index (χ0n) is 21.0. The zero-order valence-corrected chi connectivity index (χ0v) is 22.6. The van der Waals surface area contributed by atoms with E-state index < -0.39 is 23.9 Å². The van der Waals surface area contributed by atoms with Crippen LogP contribution in [0, 0.1) is 6.92 Å². The minimum atomic E-state index is -0.653. The normalized spacial score (nSPS) is 11.5. The van der Waals surface area contributed by atoms with Crippen LogP contribution in [-0.2, 0) is 20.8 Å². The summed E-state index contributed by atoms with van der Waals surface area (Å²) in [5.41, 5.74) is 1.32. The van der Waals surface area contributed by atoms with Gasteiger partial charge in [-0.1, -0.05) is 23.4 Å². The van der Waals surface area contributed by atoms with Crippen LogP contribution in [-0.4, -0.2) is 52.6 Å². The number of carbonyl (C=O) groups excluding carboxylic acids is 3. The first-order valence-corrected chi connectivity index (χ1v) is 12.6. The number of benzene rings is 2. The maximum Gasteiger partial charge on any atom is 0.339 e. The van der Waals surface area contributed by atoms with Gasteiger partial charge in [-0.15, -0.1) is 10.2 Å². The van der Waals surface area contributed by atoms with E-state index >= 15 is 0 Å². The molecular formula is C25H27ClN4O6S. The third-order valence-corrected chi connectivity index (χ3v) is 6.52. The van der Waals surface area contributed by atoms with Crippen LogP contribution in [0.2, 0.25) is 5.02 Å². The summed E-state index contributed by atoms with van der Waals surface area (Å²) in [4.78, 5) is 36.8. The molecule has 3 aromatic rings. The fourth-order valence-corrected chi connectivity index (χ4v) is 4.53. The number of hydrogen-bond acceptors (Lipinski definition) is 9. The van der Waals surface area contributed by atoms with Crippen molar-refractivity contribution in [1.29, 1.82) is 0 Å². The number of rotatable bonds is 10. The van der Waals surface area contributed by atoms with Gasteiger partial charge in [0.15, 0.2) is 17.1 Å². The van der Waals surface area contributed by atoms with E-state index in [2.05, 4.69) is 15.5 Å². The van der Waals surface area contributed by atoms with Gasteiger partial charge in [-0.3, -0.25) is 4.79 Å². The van der Waals surface area contributed by atoms with Gasteiger partial charge in [0.1, 0.15) is 5.75 Å². The summed E-state index contributed by atoms with van der Waals surface area (Å²) < 4.78 is 17.4. The number of halogens is 1. The molecule has 1 heterocycles. The molecule has 1 amide bonds. The number of aromatic nitrogens is 3. The van der Waals surface area contributed by atoms with E-state index in [1.807, 2.05) is 31.4 Å². The number of methoxy groups -OCH3 is 2. The molecule has 0 saturated carbocycles. The van der Waals surface area contributed by atoms with Gasteiger partial charge in [-0.05, 0) is 62.7 Å². The van der Waals surface area contributed by atoms with Gasteiger partial charge >= 0.3 is 11.9 Å². The van der Waals surface area contributed by atoms with Crippen molar-refractivity contribution in [3.05, 3.63) is 63.9 Å². The second kappa shape index (κ2) is 12.6. The lowest BCUT2D eigenvalue weighted by molar-refractivity contribution is -0.113. The van der Waals surface area contributed by atoms with E-state index in [9.17, 15) is 14.4 Å². The Balaban J connectivity index is 1.72. The average molecular weight is 547 g/mol. The van der Waals surface area contributed by atoms with Crippen LogP contribution < -0.4 is 10.1 Å². The Labute approximate surface area is 223 Å². The van der Waals surface area contributed by atoms with Crippen LogP contribution in [0.1, 0.15) is 52.1 Å². The van der Waals surface area contributed by atoms with Gasteiger partial charge in [0.25, 0.3) is 0 Å². The maximum absolute atomic E-state index is 12.8. The molecule has 10 nitrogen and oxygen atoms in total. The average Bonchev–Trinajstić information content (AvgIpc) is 3.31. The second-order valence-corrected chi connectivity index (χ2v) is 9.21. The van der Waals surface area contributed by atoms with E-state index in [0.29, 0.717) is 28.3 Å². The van der Waals surface area contributed by atoms with Gasteiger partial charge in [-0.25, -0.2) is 9.59 Å². The largest absolute Gasteiger partial charge is 0.482 e. The number of ether oxygens (including phenoxy) is 3. The summed E-state index contributed by atoms with van der Waals surface area (Å²) in [6.45, 7) is 6.28. The van der Waals surface area contributed by atoms with Crippen molar-refractivity contribution < 1.29 is 28.6 Å². The number of anilines is 1. The number of nitrogens with zero attached hydrogens (tertiary/aromatic N) is 3. The van der Waals surface area contributed by atoms with E-state index in [0.717, 1.165) is 5.56 Å². The Morgan fingerprint density at radius 1 is 1.08 bits per heavy atom. The van der Waals surface area contributed by atoms with E-state index in [4.69, 9.17) is 25.8 Å². The van der Waals surface area contributed by atoms with E-state index in [1.165, 1.54) is 44.2 Å². The van der Waals surface area contributed by atoms with Crippen molar-refractivity contribution in [1.82, 2.24) is 14.8 Å². The molecule has 1 atom stereocenters. The number of esters is 2. The molecule has 0 aliphatic heterocycles. The number of carbonyl (C=O) groups is 3.